The molecular weight excluding hydrogens is 418 g/mol. The van der Waals surface area contributed by atoms with Crippen LogP contribution in [-0.4, -0.2) is 28.0 Å². The summed E-state index contributed by atoms with van der Waals surface area (Å²) in [6, 6.07) is 20.4. The molecule has 0 saturated heterocycles. The van der Waals surface area contributed by atoms with Gasteiger partial charge < -0.3 is 14.6 Å². The number of anilines is 1. The highest BCUT2D eigenvalue weighted by atomic mass is 16.5. The summed E-state index contributed by atoms with van der Waals surface area (Å²) < 4.78 is 6.89. The molecule has 1 amide bonds. The van der Waals surface area contributed by atoms with Gasteiger partial charge >= 0.3 is 5.97 Å². The van der Waals surface area contributed by atoms with Crippen molar-refractivity contribution in [2.45, 2.75) is 20.4 Å². The second-order valence-corrected chi connectivity index (χ2v) is 7.52. The standard InChI is InChI=1S/C26H23N3O4/c1-3-29-15-21(24(31)20-14-13-17(2)27-25(20)29)26(32)33-16-23(30)28-22-12-8-7-11-19(22)18-9-5-4-6-10-18/h4-15H,3,16H2,1-2H3,(H,28,30). The molecule has 0 saturated carbocycles. The van der Waals surface area contributed by atoms with Gasteiger partial charge in [0, 0.05) is 29.7 Å². The van der Waals surface area contributed by atoms with Crippen LogP contribution in [0.5, 0.6) is 0 Å². The lowest BCUT2D eigenvalue weighted by Gasteiger charge is -2.13. The van der Waals surface area contributed by atoms with Crippen LogP contribution in [0.25, 0.3) is 22.2 Å². The van der Waals surface area contributed by atoms with Gasteiger partial charge in [-0.3, -0.25) is 9.59 Å². The Morgan fingerprint density at radius 1 is 1.00 bits per heavy atom. The Bertz CT molecular complexity index is 1390. The number of aromatic nitrogens is 2. The summed E-state index contributed by atoms with van der Waals surface area (Å²) in [7, 11) is 0. The third kappa shape index (κ3) is 4.67. The SMILES string of the molecule is CCn1cc(C(=O)OCC(=O)Nc2ccccc2-c2ccccc2)c(=O)c2ccc(C)nc21. The third-order valence-electron chi connectivity index (χ3n) is 5.24. The fourth-order valence-electron chi connectivity index (χ4n) is 3.60. The second-order valence-electron chi connectivity index (χ2n) is 7.52. The molecule has 2 heterocycles. The highest BCUT2D eigenvalue weighted by Crippen LogP contribution is 2.27. The highest BCUT2D eigenvalue weighted by Gasteiger charge is 2.19. The molecule has 4 rings (SSSR count). The van der Waals surface area contributed by atoms with E-state index in [4.69, 9.17) is 4.74 Å². The Hall–Kier alpha value is -4.26. The maximum absolute atomic E-state index is 12.8. The second kappa shape index (κ2) is 9.48. The van der Waals surface area contributed by atoms with E-state index >= 15 is 0 Å². The van der Waals surface area contributed by atoms with Gasteiger partial charge in [0.2, 0.25) is 5.43 Å². The number of hydrogen-bond donors (Lipinski definition) is 1. The number of nitrogens with zero attached hydrogens (tertiary/aromatic N) is 2. The van der Waals surface area contributed by atoms with E-state index in [1.165, 1.54) is 6.20 Å². The van der Waals surface area contributed by atoms with E-state index < -0.39 is 23.9 Å². The van der Waals surface area contributed by atoms with Crippen LogP contribution in [0.4, 0.5) is 5.69 Å². The average molecular weight is 441 g/mol. The predicted molar refractivity (Wildman–Crippen MR) is 127 cm³/mol. The molecule has 7 heteroatoms. The first-order chi connectivity index (χ1) is 16.0. The molecule has 7 nitrogen and oxygen atoms in total. The third-order valence-corrected chi connectivity index (χ3v) is 5.24. The van der Waals surface area contributed by atoms with Crippen LogP contribution < -0.4 is 10.7 Å². The number of pyridine rings is 2. The Morgan fingerprint density at radius 3 is 2.48 bits per heavy atom. The van der Waals surface area contributed by atoms with E-state index in [2.05, 4.69) is 10.3 Å². The van der Waals surface area contributed by atoms with Crippen LogP contribution >= 0.6 is 0 Å². The molecule has 0 spiro atoms. The summed E-state index contributed by atoms with van der Waals surface area (Å²) in [4.78, 5) is 42.4. The minimum Gasteiger partial charge on any atom is -0.452 e. The van der Waals surface area contributed by atoms with Gasteiger partial charge in [0.05, 0.1) is 5.39 Å². The molecule has 0 unspecified atom stereocenters. The summed E-state index contributed by atoms with van der Waals surface area (Å²) in [5, 5.41) is 3.11. The van der Waals surface area contributed by atoms with Gasteiger partial charge in [-0.1, -0.05) is 48.5 Å². The zero-order valence-electron chi connectivity index (χ0n) is 18.4. The Kier molecular flexibility index (Phi) is 6.31. The quantitative estimate of drug-likeness (QED) is 0.453. The molecule has 1 N–H and O–H groups in total. The number of carbonyl (C=O) groups is 2. The Morgan fingerprint density at radius 2 is 1.73 bits per heavy atom. The van der Waals surface area contributed by atoms with Crippen molar-refractivity contribution in [2.75, 3.05) is 11.9 Å². The van der Waals surface area contributed by atoms with E-state index in [1.54, 1.807) is 22.8 Å². The van der Waals surface area contributed by atoms with Crippen LogP contribution in [0.3, 0.4) is 0 Å². The van der Waals surface area contributed by atoms with E-state index in [-0.39, 0.29) is 5.56 Å². The number of amides is 1. The van der Waals surface area contributed by atoms with Crippen LogP contribution in [-0.2, 0) is 16.1 Å². The summed E-state index contributed by atoms with van der Waals surface area (Å²) in [6.45, 7) is 3.73. The monoisotopic (exact) mass is 441 g/mol. The molecule has 2 aromatic heterocycles. The Labute approximate surface area is 190 Å². The van der Waals surface area contributed by atoms with E-state index in [9.17, 15) is 14.4 Å². The van der Waals surface area contributed by atoms with Gasteiger partial charge in [-0.2, -0.15) is 0 Å². The highest BCUT2D eigenvalue weighted by molar-refractivity contribution is 5.99. The summed E-state index contributed by atoms with van der Waals surface area (Å²) >= 11 is 0. The molecule has 2 aromatic carbocycles. The molecular formula is C26H23N3O4. The van der Waals surface area contributed by atoms with E-state index in [1.807, 2.05) is 62.4 Å². The zero-order valence-corrected chi connectivity index (χ0v) is 18.4. The first-order valence-electron chi connectivity index (χ1n) is 10.6. The number of nitrogens with one attached hydrogen (secondary N) is 1. The molecule has 4 aromatic rings. The molecule has 0 fully saturated rings. The van der Waals surface area contributed by atoms with Crippen LogP contribution in [0.15, 0.2) is 77.7 Å². The van der Waals surface area contributed by atoms with Crippen molar-refractivity contribution in [3.63, 3.8) is 0 Å². The van der Waals surface area contributed by atoms with Gasteiger partial charge in [-0.15, -0.1) is 0 Å². The van der Waals surface area contributed by atoms with Crippen molar-refractivity contribution in [3.8, 4) is 11.1 Å². The van der Waals surface area contributed by atoms with Crippen LogP contribution in [0, 0.1) is 6.92 Å². The van der Waals surface area contributed by atoms with Crippen molar-refractivity contribution in [1.82, 2.24) is 9.55 Å². The number of esters is 1. The lowest BCUT2D eigenvalue weighted by atomic mass is 10.0. The molecule has 166 valence electrons. The van der Waals surface area contributed by atoms with Crippen molar-refractivity contribution in [3.05, 3.63) is 94.4 Å². The first kappa shape index (κ1) is 22.0. The maximum atomic E-state index is 12.8. The summed E-state index contributed by atoms with van der Waals surface area (Å²) in [6.07, 6.45) is 1.43. The number of para-hydroxylation sites is 1. The molecule has 0 aliphatic heterocycles. The van der Waals surface area contributed by atoms with Gasteiger partial charge in [-0.05, 0) is 37.6 Å². The predicted octanol–water partition coefficient (Wildman–Crippen LogP) is 4.19. The smallest absolute Gasteiger partial charge is 0.344 e. The topological polar surface area (TPSA) is 90.3 Å². The molecule has 33 heavy (non-hydrogen) atoms. The molecule has 0 radical (unpaired) electrons. The van der Waals surface area contributed by atoms with Gasteiger partial charge in [0.1, 0.15) is 11.2 Å². The maximum Gasteiger partial charge on any atom is 0.344 e. The number of carbonyl (C=O) groups excluding carboxylic acids is 2. The molecule has 0 bridgehead atoms. The number of fused-ring (bicyclic) bond motifs is 1. The van der Waals surface area contributed by atoms with Crippen molar-refractivity contribution < 1.29 is 14.3 Å². The van der Waals surface area contributed by atoms with Crippen molar-refractivity contribution in [1.29, 1.82) is 0 Å². The molecule has 0 aliphatic rings. The number of hydrogen-bond acceptors (Lipinski definition) is 5. The molecule has 0 aliphatic carbocycles. The van der Waals surface area contributed by atoms with Crippen LogP contribution in [0.1, 0.15) is 23.0 Å². The van der Waals surface area contributed by atoms with Crippen LogP contribution in [0.2, 0.25) is 0 Å². The fourth-order valence-corrected chi connectivity index (χ4v) is 3.60. The number of benzene rings is 2. The first-order valence-corrected chi connectivity index (χ1v) is 10.6. The summed E-state index contributed by atoms with van der Waals surface area (Å²) in [5.74, 6) is -1.35. The van der Waals surface area contributed by atoms with E-state index in [0.29, 0.717) is 23.3 Å². The normalized spacial score (nSPS) is 10.7. The zero-order chi connectivity index (χ0) is 23.4. The number of aryl methyl sites for hydroxylation is 2. The van der Waals surface area contributed by atoms with Gasteiger partial charge in [0.25, 0.3) is 5.91 Å². The number of rotatable bonds is 6. The lowest BCUT2D eigenvalue weighted by Crippen LogP contribution is -2.25. The minimum atomic E-state index is -0.851. The van der Waals surface area contributed by atoms with Crippen molar-refractivity contribution in [2.24, 2.45) is 0 Å². The van der Waals surface area contributed by atoms with Gasteiger partial charge in [-0.25, -0.2) is 9.78 Å². The fraction of sp³-hybridized carbons (Fsp3) is 0.154. The van der Waals surface area contributed by atoms with Crippen molar-refractivity contribution >= 4 is 28.6 Å². The number of ether oxygens (including phenoxy) is 1. The van der Waals surface area contributed by atoms with Gasteiger partial charge in [0.15, 0.2) is 6.61 Å². The van der Waals surface area contributed by atoms with E-state index in [0.717, 1.165) is 16.8 Å². The summed E-state index contributed by atoms with van der Waals surface area (Å²) in [5.41, 5.74) is 3.08. The average Bonchev–Trinajstić information content (AvgIpc) is 2.83. The lowest BCUT2D eigenvalue weighted by molar-refractivity contribution is -0.119. The minimum absolute atomic E-state index is 0.132. The largest absolute Gasteiger partial charge is 0.452 e. The molecule has 0 atom stereocenters. The Balaban J connectivity index is 1.51.